The van der Waals surface area contributed by atoms with E-state index >= 15 is 0 Å². The third-order valence-electron chi connectivity index (χ3n) is 2.44. The van der Waals surface area contributed by atoms with Gasteiger partial charge < -0.3 is 10.4 Å². The van der Waals surface area contributed by atoms with E-state index in [0.29, 0.717) is 26.1 Å². The molecule has 5 heteroatoms. The molecule has 5 nitrogen and oxygen atoms in total. The number of carbonyl (C=O) groups excluding carboxylic acids is 1. The summed E-state index contributed by atoms with van der Waals surface area (Å²) in [5.74, 6) is -1.10. The molecular formula is C10H18N2O3. The van der Waals surface area contributed by atoms with Gasteiger partial charge in [0.25, 0.3) is 0 Å². The number of hydrogen-bond acceptors (Lipinski definition) is 3. The number of rotatable bonds is 4. The van der Waals surface area contributed by atoms with Crippen LogP contribution in [0.1, 0.15) is 20.3 Å². The maximum atomic E-state index is 11.4. The average Bonchev–Trinajstić information content (AvgIpc) is 2.50. The molecule has 0 spiro atoms. The van der Waals surface area contributed by atoms with Crippen LogP contribution in [0, 0.1) is 5.92 Å². The Balaban J connectivity index is 2.30. The molecule has 0 aromatic carbocycles. The molecule has 1 aliphatic heterocycles. The number of hydrogen-bond donors (Lipinski definition) is 2. The molecule has 1 rings (SSSR count). The molecule has 1 atom stereocenters. The minimum Gasteiger partial charge on any atom is -0.481 e. The van der Waals surface area contributed by atoms with E-state index < -0.39 is 5.97 Å². The molecule has 1 amide bonds. The zero-order valence-corrected chi connectivity index (χ0v) is 9.19. The van der Waals surface area contributed by atoms with Gasteiger partial charge in [0.2, 0.25) is 5.91 Å². The Morgan fingerprint density at radius 3 is 2.67 bits per heavy atom. The molecule has 0 radical (unpaired) electrons. The normalized spacial score (nSPS) is 21.9. The Morgan fingerprint density at radius 1 is 1.53 bits per heavy atom. The minimum atomic E-state index is -0.762. The van der Waals surface area contributed by atoms with E-state index in [0.717, 1.165) is 0 Å². The Labute approximate surface area is 89.4 Å². The van der Waals surface area contributed by atoms with Crippen LogP contribution in [0.4, 0.5) is 0 Å². The van der Waals surface area contributed by atoms with Crippen LogP contribution in [0.5, 0.6) is 0 Å². The number of carboxylic acid groups (broad SMARTS) is 1. The Morgan fingerprint density at radius 2 is 2.20 bits per heavy atom. The van der Waals surface area contributed by atoms with Gasteiger partial charge in [0.1, 0.15) is 0 Å². The summed E-state index contributed by atoms with van der Waals surface area (Å²) < 4.78 is 0. The molecule has 86 valence electrons. The highest BCUT2D eigenvalue weighted by Crippen LogP contribution is 2.15. The number of likely N-dealkylation sites (tertiary alicyclic amines) is 1. The summed E-state index contributed by atoms with van der Waals surface area (Å²) in [6, 6.07) is 0.135. The van der Waals surface area contributed by atoms with Crippen LogP contribution in [0.3, 0.4) is 0 Å². The van der Waals surface area contributed by atoms with Crippen molar-refractivity contribution in [2.75, 3.05) is 19.6 Å². The van der Waals surface area contributed by atoms with Gasteiger partial charge in [-0.2, -0.15) is 0 Å². The van der Waals surface area contributed by atoms with Crippen LogP contribution in [-0.2, 0) is 9.59 Å². The van der Waals surface area contributed by atoms with E-state index in [4.69, 9.17) is 5.11 Å². The molecule has 15 heavy (non-hydrogen) atoms. The lowest BCUT2D eigenvalue weighted by molar-refractivity contribution is -0.141. The standard InChI is InChI=1S/C10H18N2O3/c1-7(2)11-9(13)6-12-4-3-8(5-12)10(14)15/h7-8H,3-6H2,1-2H3,(H,11,13)(H,14,15)/t8-/m0/s1. The fraction of sp³-hybridized carbons (Fsp3) is 0.800. The Kier molecular flexibility index (Phi) is 4.08. The molecule has 0 bridgehead atoms. The second-order valence-electron chi connectivity index (χ2n) is 4.28. The van der Waals surface area contributed by atoms with Gasteiger partial charge in [-0.1, -0.05) is 0 Å². The minimum absolute atomic E-state index is 0.0314. The van der Waals surface area contributed by atoms with Crippen molar-refractivity contribution in [1.82, 2.24) is 10.2 Å². The van der Waals surface area contributed by atoms with Crippen LogP contribution < -0.4 is 5.32 Å². The molecule has 1 aliphatic rings. The molecule has 2 N–H and O–H groups in total. The molecule has 1 heterocycles. The summed E-state index contributed by atoms with van der Waals surface area (Å²) in [5, 5.41) is 11.6. The van der Waals surface area contributed by atoms with Crippen molar-refractivity contribution in [1.29, 1.82) is 0 Å². The van der Waals surface area contributed by atoms with Gasteiger partial charge in [0.15, 0.2) is 0 Å². The smallest absolute Gasteiger partial charge is 0.307 e. The summed E-state index contributed by atoms with van der Waals surface area (Å²) >= 11 is 0. The predicted octanol–water partition coefficient (Wildman–Crippen LogP) is -0.0825. The fourth-order valence-corrected chi connectivity index (χ4v) is 1.75. The summed E-state index contributed by atoms with van der Waals surface area (Å²) in [6.45, 7) is 5.30. The number of amides is 1. The third kappa shape index (κ3) is 3.87. The monoisotopic (exact) mass is 214 g/mol. The lowest BCUT2D eigenvalue weighted by atomic mass is 10.1. The molecule has 0 unspecified atom stereocenters. The first-order chi connectivity index (χ1) is 6.99. The first kappa shape index (κ1) is 12.0. The highest BCUT2D eigenvalue weighted by molar-refractivity contribution is 5.78. The van der Waals surface area contributed by atoms with Gasteiger partial charge in [0, 0.05) is 12.6 Å². The molecule has 1 fully saturated rings. The maximum absolute atomic E-state index is 11.4. The number of carbonyl (C=O) groups is 2. The largest absolute Gasteiger partial charge is 0.481 e. The Bertz CT molecular complexity index is 253. The van der Waals surface area contributed by atoms with Crippen molar-refractivity contribution in [2.45, 2.75) is 26.3 Å². The summed E-state index contributed by atoms with van der Waals surface area (Å²) in [5.41, 5.74) is 0. The Hall–Kier alpha value is -1.10. The molecule has 0 aromatic rings. The lowest BCUT2D eigenvalue weighted by Gasteiger charge is -2.16. The highest BCUT2D eigenvalue weighted by Gasteiger charge is 2.28. The van der Waals surface area contributed by atoms with Gasteiger partial charge in [-0.15, -0.1) is 0 Å². The van der Waals surface area contributed by atoms with Gasteiger partial charge in [-0.05, 0) is 26.8 Å². The van der Waals surface area contributed by atoms with Crippen LogP contribution in [-0.4, -0.2) is 47.6 Å². The number of aliphatic carboxylic acids is 1. The van der Waals surface area contributed by atoms with Crippen molar-refractivity contribution >= 4 is 11.9 Å². The van der Waals surface area contributed by atoms with Crippen LogP contribution in [0.15, 0.2) is 0 Å². The van der Waals surface area contributed by atoms with Gasteiger partial charge in [0.05, 0.1) is 12.5 Å². The second-order valence-corrected chi connectivity index (χ2v) is 4.28. The highest BCUT2D eigenvalue weighted by atomic mass is 16.4. The number of carboxylic acids is 1. The van der Waals surface area contributed by atoms with Crippen molar-refractivity contribution in [3.63, 3.8) is 0 Å². The molecular weight excluding hydrogens is 196 g/mol. The van der Waals surface area contributed by atoms with Gasteiger partial charge in [-0.3, -0.25) is 14.5 Å². The summed E-state index contributed by atoms with van der Waals surface area (Å²) in [6.07, 6.45) is 0.643. The predicted molar refractivity (Wildman–Crippen MR) is 55.5 cm³/mol. The lowest BCUT2D eigenvalue weighted by Crippen LogP contribution is -2.39. The maximum Gasteiger partial charge on any atom is 0.307 e. The number of nitrogens with zero attached hydrogens (tertiary/aromatic N) is 1. The van der Waals surface area contributed by atoms with E-state index in [2.05, 4.69) is 5.32 Å². The van der Waals surface area contributed by atoms with Crippen molar-refractivity contribution < 1.29 is 14.7 Å². The van der Waals surface area contributed by atoms with Gasteiger partial charge >= 0.3 is 5.97 Å². The quantitative estimate of drug-likeness (QED) is 0.686. The average molecular weight is 214 g/mol. The number of nitrogens with one attached hydrogen (secondary N) is 1. The van der Waals surface area contributed by atoms with Crippen LogP contribution in [0.25, 0.3) is 0 Å². The van der Waals surface area contributed by atoms with Crippen molar-refractivity contribution in [3.05, 3.63) is 0 Å². The topological polar surface area (TPSA) is 69.6 Å². The third-order valence-corrected chi connectivity index (χ3v) is 2.44. The second kappa shape index (κ2) is 5.11. The van der Waals surface area contributed by atoms with Gasteiger partial charge in [-0.25, -0.2) is 0 Å². The van der Waals surface area contributed by atoms with E-state index in [1.165, 1.54) is 0 Å². The van der Waals surface area contributed by atoms with Crippen LogP contribution in [0.2, 0.25) is 0 Å². The van der Waals surface area contributed by atoms with Crippen molar-refractivity contribution in [3.8, 4) is 0 Å². The van der Waals surface area contributed by atoms with Crippen LogP contribution >= 0.6 is 0 Å². The zero-order valence-electron chi connectivity index (χ0n) is 9.19. The van der Waals surface area contributed by atoms with E-state index in [9.17, 15) is 9.59 Å². The summed E-state index contributed by atoms with van der Waals surface area (Å²) in [7, 11) is 0. The molecule has 1 saturated heterocycles. The SMILES string of the molecule is CC(C)NC(=O)CN1CC[C@H](C(=O)O)C1. The van der Waals surface area contributed by atoms with Crippen molar-refractivity contribution in [2.24, 2.45) is 5.92 Å². The zero-order chi connectivity index (χ0) is 11.4. The first-order valence-corrected chi connectivity index (χ1v) is 5.23. The molecule has 0 aromatic heterocycles. The van der Waals surface area contributed by atoms with E-state index in [-0.39, 0.29) is 17.9 Å². The molecule has 0 saturated carbocycles. The fourth-order valence-electron chi connectivity index (χ4n) is 1.75. The molecule has 0 aliphatic carbocycles. The van der Waals surface area contributed by atoms with E-state index in [1.807, 2.05) is 18.7 Å². The first-order valence-electron chi connectivity index (χ1n) is 5.23. The van der Waals surface area contributed by atoms with E-state index in [1.54, 1.807) is 0 Å². The summed E-state index contributed by atoms with van der Waals surface area (Å²) in [4.78, 5) is 24.0.